The van der Waals surface area contributed by atoms with Crippen LogP contribution in [0.2, 0.25) is 0 Å². The van der Waals surface area contributed by atoms with E-state index in [1.54, 1.807) is 0 Å². The van der Waals surface area contributed by atoms with E-state index in [2.05, 4.69) is 10.6 Å². The van der Waals surface area contributed by atoms with Crippen LogP contribution in [0.15, 0.2) is 18.2 Å². The van der Waals surface area contributed by atoms with Gasteiger partial charge in [-0.1, -0.05) is 20.8 Å². The molecular weight excluding hydrogens is 298 g/mol. The summed E-state index contributed by atoms with van der Waals surface area (Å²) in [6.07, 6.45) is 3.85. The number of hydrogen-bond acceptors (Lipinski definition) is 2. The third-order valence-corrected chi connectivity index (χ3v) is 4.75. The van der Waals surface area contributed by atoms with Gasteiger partial charge in [-0.15, -0.1) is 0 Å². The number of halogens is 2. The molecule has 23 heavy (non-hydrogen) atoms. The Morgan fingerprint density at radius 2 is 1.61 bits per heavy atom. The lowest BCUT2D eigenvalue weighted by Gasteiger charge is -2.45. The average molecular weight is 326 g/mol. The molecule has 0 radical (unpaired) electrons. The Hall–Kier alpha value is -1.49. The van der Waals surface area contributed by atoms with Gasteiger partial charge in [0.25, 0.3) is 0 Å². The monoisotopic (exact) mass is 326 g/mol. The Balaban J connectivity index is 0.00000127. The summed E-state index contributed by atoms with van der Waals surface area (Å²) in [5.41, 5.74) is 0.177. The first-order valence-corrected chi connectivity index (χ1v) is 8.26. The van der Waals surface area contributed by atoms with Crippen LogP contribution in [0.4, 0.5) is 8.78 Å². The van der Waals surface area contributed by atoms with Crippen molar-refractivity contribution in [2.45, 2.75) is 57.4 Å². The predicted molar refractivity (Wildman–Crippen MR) is 89.4 cm³/mol. The first-order valence-electron chi connectivity index (χ1n) is 8.26. The molecule has 0 heterocycles. The minimum Gasteiger partial charge on any atom is -0.352 e. The summed E-state index contributed by atoms with van der Waals surface area (Å²) >= 11 is 0. The van der Waals surface area contributed by atoms with Gasteiger partial charge in [0.05, 0.1) is 5.54 Å². The maximum atomic E-state index is 13.4. The summed E-state index contributed by atoms with van der Waals surface area (Å²) < 4.78 is 26.9. The van der Waals surface area contributed by atoms with Crippen LogP contribution in [0.25, 0.3) is 0 Å². The molecule has 0 aliphatic heterocycles. The van der Waals surface area contributed by atoms with Gasteiger partial charge in [-0.2, -0.15) is 0 Å². The van der Waals surface area contributed by atoms with Crippen molar-refractivity contribution in [3.63, 3.8) is 0 Å². The van der Waals surface area contributed by atoms with E-state index >= 15 is 0 Å². The number of likely N-dealkylation sites (N-methyl/N-ethyl adjacent to an activating group) is 1. The number of carbonyl (C=O) groups is 1. The molecule has 1 amide bonds. The number of hydrogen-bond donors (Lipinski definition) is 2. The number of carbonyl (C=O) groups excluding carboxylic acids is 1. The maximum absolute atomic E-state index is 13.4. The van der Waals surface area contributed by atoms with Crippen molar-refractivity contribution in [2.75, 3.05) is 13.6 Å². The van der Waals surface area contributed by atoms with Crippen molar-refractivity contribution in [1.29, 1.82) is 0 Å². The third kappa shape index (κ3) is 4.74. The first-order chi connectivity index (χ1) is 10.9. The summed E-state index contributed by atoms with van der Waals surface area (Å²) in [4.78, 5) is 10.8. The quantitative estimate of drug-likeness (QED) is 0.813. The highest BCUT2D eigenvalue weighted by molar-refractivity contribution is 5.48. The molecule has 3 nitrogen and oxygen atoms in total. The molecule has 0 bridgehead atoms. The topological polar surface area (TPSA) is 41.1 Å². The Morgan fingerprint density at radius 1 is 1.09 bits per heavy atom. The van der Waals surface area contributed by atoms with Crippen molar-refractivity contribution in [2.24, 2.45) is 0 Å². The van der Waals surface area contributed by atoms with Crippen molar-refractivity contribution in [3.05, 3.63) is 35.4 Å². The van der Waals surface area contributed by atoms with E-state index < -0.39 is 11.6 Å². The third-order valence-electron chi connectivity index (χ3n) is 4.75. The summed E-state index contributed by atoms with van der Waals surface area (Å²) in [6, 6.07) is 3.73. The average Bonchev–Trinajstić information content (AvgIpc) is 2.52. The molecule has 2 rings (SSSR count). The van der Waals surface area contributed by atoms with Crippen LogP contribution in [-0.4, -0.2) is 25.5 Å². The van der Waals surface area contributed by atoms with Crippen molar-refractivity contribution < 1.29 is 13.6 Å². The minimum absolute atomic E-state index is 0.259. The van der Waals surface area contributed by atoms with Gasteiger partial charge < -0.3 is 10.6 Å². The molecular formula is C18H28F2N2O. The summed E-state index contributed by atoms with van der Waals surface area (Å²) in [5, 5.41) is 6.03. The van der Waals surface area contributed by atoms with E-state index in [0.717, 1.165) is 38.2 Å². The second-order valence-electron chi connectivity index (χ2n) is 6.29. The van der Waals surface area contributed by atoms with Crippen molar-refractivity contribution in [1.82, 2.24) is 10.6 Å². The lowest BCUT2D eigenvalue weighted by molar-refractivity contribution is -0.111. The number of amides is 1. The van der Waals surface area contributed by atoms with Crippen LogP contribution in [0.3, 0.4) is 0 Å². The highest BCUT2D eigenvalue weighted by Gasteiger charge is 2.40. The lowest BCUT2D eigenvalue weighted by atomic mass is 9.65. The molecule has 0 unspecified atom stereocenters. The Morgan fingerprint density at radius 3 is 2.04 bits per heavy atom. The second kappa shape index (κ2) is 8.39. The van der Waals surface area contributed by atoms with Gasteiger partial charge in [0.2, 0.25) is 6.41 Å². The van der Waals surface area contributed by atoms with Gasteiger partial charge in [0.1, 0.15) is 11.6 Å². The molecule has 5 heteroatoms. The SMILES string of the molecule is CC.CNCC1(NC=O)CCC(C)(c2cc(F)cc(F)c2)CC1. The standard InChI is InChI=1S/C16H22F2N2O.C2H6/c1-15(12-7-13(17)9-14(18)8-12)3-5-16(6-4-15,10-19-2)20-11-21;1-2/h7-9,11,19H,3-6,10H2,1-2H3,(H,20,21);1-2H3. The van der Waals surface area contributed by atoms with Crippen LogP contribution in [-0.2, 0) is 10.2 Å². The van der Waals surface area contributed by atoms with Gasteiger partial charge in [-0.3, -0.25) is 4.79 Å². The van der Waals surface area contributed by atoms with Crippen LogP contribution < -0.4 is 10.6 Å². The molecule has 1 fully saturated rings. The highest BCUT2D eigenvalue weighted by atomic mass is 19.1. The van der Waals surface area contributed by atoms with Gasteiger partial charge in [-0.05, 0) is 55.8 Å². The second-order valence-corrected chi connectivity index (χ2v) is 6.29. The lowest BCUT2D eigenvalue weighted by Crippen LogP contribution is -2.55. The molecule has 1 aliphatic rings. The number of rotatable bonds is 5. The Bertz CT molecular complexity index is 491. The summed E-state index contributed by atoms with van der Waals surface area (Å²) in [7, 11) is 1.85. The molecule has 0 atom stereocenters. The molecule has 1 saturated carbocycles. The smallest absolute Gasteiger partial charge is 0.207 e. The summed E-state index contributed by atoms with van der Waals surface area (Å²) in [6.45, 7) is 6.73. The molecule has 130 valence electrons. The van der Waals surface area contributed by atoms with E-state index in [1.807, 2.05) is 27.8 Å². The Labute approximate surface area is 137 Å². The molecule has 2 N–H and O–H groups in total. The normalized spacial score (nSPS) is 26.9. The fourth-order valence-corrected chi connectivity index (χ4v) is 3.31. The van der Waals surface area contributed by atoms with Crippen molar-refractivity contribution >= 4 is 6.41 Å². The zero-order valence-electron chi connectivity index (χ0n) is 14.5. The van der Waals surface area contributed by atoms with Gasteiger partial charge in [-0.25, -0.2) is 8.78 Å². The fraction of sp³-hybridized carbons (Fsp3) is 0.611. The molecule has 1 aliphatic carbocycles. The minimum atomic E-state index is -0.538. The van der Waals surface area contributed by atoms with E-state index in [-0.39, 0.29) is 11.0 Å². The molecule has 1 aromatic rings. The molecule has 0 aromatic heterocycles. The van der Waals surface area contributed by atoms with E-state index in [1.165, 1.54) is 12.1 Å². The van der Waals surface area contributed by atoms with Crippen LogP contribution in [0.5, 0.6) is 0 Å². The van der Waals surface area contributed by atoms with Crippen LogP contribution >= 0.6 is 0 Å². The number of benzene rings is 1. The Kier molecular flexibility index (Phi) is 7.13. The highest BCUT2D eigenvalue weighted by Crippen LogP contribution is 2.43. The fourth-order valence-electron chi connectivity index (χ4n) is 3.31. The van der Waals surface area contributed by atoms with E-state index in [9.17, 15) is 13.6 Å². The van der Waals surface area contributed by atoms with Gasteiger partial charge in [0, 0.05) is 12.6 Å². The zero-order valence-corrected chi connectivity index (χ0v) is 14.5. The van der Waals surface area contributed by atoms with E-state index in [4.69, 9.17) is 0 Å². The van der Waals surface area contributed by atoms with Crippen molar-refractivity contribution in [3.8, 4) is 0 Å². The molecule has 1 aromatic carbocycles. The predicted octanol–water partition coefficient (Wildman–Crippen LogP) is 3.53. The maximum Gasteiger partial charge on any atom is 0.207 e. The van der Waals surface area contributed by atoms with E-state index in [0.29, 0.717) is 12.1 Å². The van der Waals surface area contributed by atoms with Gasteiger partial charge >= 0.3 is 0 Å². The zero-order chi connectivity index (χ0) is 17.5. The van der Waals surface area contributed by atoms with Crippen LogP contribution in [0, 0.1) is 11.6 Å². The largest absolute Gasteiger partial charge is 0.352 e. The molecule has 0 spiro atoms. The number of nitrogens with one attached hydrogen (secondary N) is 2. The van der Waals surface area contributed by atoms with Gasteiger partial charge in [0.15, 0.2) is 0 Å². The summed E-state index contributed by atoms with van der Waals surface area (Å²) in [5.74, 6) is -1.08. The van der Waals surface area contributed by atoms with Crippen LogP contribution in [0.1, 0.15) is 52.0 Å². The molecule has 0 saturated heterocycles. The first kappa shape index (κ1) is 19.6.